The van der Waals surface area contributed by atoms with Crippen molar-refractivity contribution in [2.45, 2.75) is 12.1 Å². The summed E-state index contributed by atoms with van der Waals surface area (Å²) in [5.74, 6) is 2.29. The maximum atomic E-state index is 5.83. The van der Waals surface area contributed by atoms with Crippen molar-refractivity contribution in [2.24, 2.45) is 0 Å². The Hall–Kier alpha value is -3.91. The number of anilines is 1. The third kappa shape index (κ3) is 3.07. The van der Waals surface area contributed by atoms with Gasteiger partial charge in [-0.25, -0.2) is 4.98 Å². The smallest absolute Gasteiger partial charge is 0.231 e. The molecule has 0 spiro atoms. The number of hydrogen-bond donors (Lipinski definition) is 1. The Morgan fingerprint density at radius 3 is 2.56 bits per heavy atom. The Bertz CT molecular complexity index is 1280. The highest BCUT2D eigenvalue weighted by atomic mass is 32.1. The van der Waals surface area contributed by atoms with E-state index in [1.54, 1.807) is 12.4 Å². The summed E-state index contributed by atoms with van der Waals surface area (Å²) < 4.78 is 13.2. The Morgan fingerprint density at radius 1 is 0.906 bits per heavy atom. The second kappa shape index (κ2) is 7.65. The average Bonchev–Trinajstić information content (AvgIpc) is 3.57. The molecule has 0 saturated carbocycles. The monoisotopic (exact) mass is 441 g/mol. The summed E-state index contributed by atoms with van der Waals surface area (Å²) in [5, 5.41) is 4.12. The Labute approximate surface area is 190 Å². The molecule has 0 unspecified atom stereocenters. The SMILES string of the molecule is S=C1N[C@@H](c2ccccn2)[C@@H](c2cccn2-c2ccccn2)N1c1ccc2c(c1)OCO2. The van der Waals surface area contributed by atoms with Crippen LogP contribution in [0.15, 0.2) is 85.3 Å². The predicted molar refractivity (Wildman–Crippen MR) is 124 cm³/mol. The van der Waals surface area contributed by atoms with E-state index in [0.29, 0.717) is 10.9 Å². The molecule has 4 aromatic rings. The van der Waals surface area contributed by atoms with Crippen LogP contribution >= 0.6 is 12.2 Å². The van der Waals surface area contributed by atoms with E-state index < -0.39 is 0 Å². The van der Waals surface area contributed by atoms with Gasteiger partial charge in [-0.05, 0) is 60.7 Å². The summed E-state index contributed by atoms with van der Waals surface area (Å²) in [6.07, 6.45) is 5.62. The molecule has 32 heavy (non-hydrogen) atoms. The summed E-state index contributed by atoms with van der Waals surface area (Å²) in [7, 11) is 0. The van der Waals surface area contributed by atoms with Crippen molar-refractivity contribution in [1.82, 2.24) is 19.9 Å². The van der Waals surface area contributed by atoms with Crippen LogP contribution < -0.4 is 19.7 Å². The van der Waals surface area contributed by atoms with Crippen LogP contribution in [0.25, 0.3) is 5.82 Å². The highest BCUT2D eigenvalue weighted by Gasteiger charge is 2.42. The second-order valence-corrected chi connectivity index (χ2v) is 7.91. The number of ether oxygens (including phenoxy) is 2. The first-order chi connectivity index (χ1) is 15.8. The van der Waals surface area contributed by atoms with Crippen molar-refractivity contribution < 1.29 is 9.47 Å². The van der Waals surface area contributed by atoms with E-state index in [9.17, 15) is 0 Å². The third-order valence-electron chi connectivity index (χ3n) is 5.71. The highest BCUT2D eigenvalue weighted by Crippen LogP contribution is 2.44. The molecule has 1 fully saturated rings. The molecule has 7 nitrogen and oxygen atoms in total. The van der Waals surface area contributed by atoms with Crippen LogP contribution in [-0.2, 0) is 0 Å². The predicted octanol–water partition coefficient (Wildman–Crippen LogP) is 4.17. The van der Waals surface area contributed by atoms with Crippen molar-refractivity contribution in [1.29, 1.82) is 0 Å². The molecule has 5 heterocycles. The van der Waals surface area contributed by atoms with Crippen molar-refractivity contribution in [3.63, 3.8) is 0 Å². The molecule has 0 amide bonds. The van der Waals surface area contributed by atoms with Gasteiger partial charge in [0.2, 0.25) is 6.79 Å². The van der Waals surface area contributed by atoms with E-state index in [-0.39, 0.29) is 18.9 Å². The molecule has 0 radical (unpaired) electrons. The summed E-state index contributed by atoms with van der Waals surface area (Å²) in [5.41, 5.74) is 2.88. The Balaban J connectivity index is 1.50. The summed E-state index contributed by atoms with van der Waals surface area (Å²) in [4.78, 5) is 11.3. The van der Waals surface area contributed by atoms with Crippen molar-refractivity contribution in [3.8, 4) is 17.3 Å². The Morgan fingerprint density at radius 2 is 1.75 bits per heavy atom. The number of pyridine rings is 2. The van der Waals surface area contributed by atoms with Gasteiger partial charge in [0.15, 0.2) is 16.6 Å². The van der Waals surface area contributed by atoms with Gasteiger partial charge in [0.05, 0.1) is 11.7 Å². The summed E-state index contributed by atoms with van der Waals surface area (Å²) >= 11 is 5.83. The van der Waals surface area contributed by atoms with E-state index in [1.807, 2.05) is 66.9 Å². The van der Waals surface area contributed by atoms with E-state index in [4.69, 9.17) is 21.7 Å². The standard InChI is InChI=1S/C24H19N5O2S/c32-24-27-22(17-6-1-3-11-25-17)23(18-7-5-13-28(18)21-8-2-4-12-26-21)29(24)16-9-10-19-20(14-16)31-15-30-19/h1-14,22-23H,15H2,(H,27,32)/t22-,23+/m0/s1. The maximum Gasteiger partial charge on any atom is 0.231 e. The Kier molecular flexibility index (Phi) is 4.50. The molecule has 2 atom stereocenters. The fourth-order valence-electron chi connectivity index (χ4n) is 4.31. The number of nitrogens with zero attached hydrogens (tertiary/aromatic N) is 4. The van der Waals surface area contributed by atoms with Gasteiger partial charge in [0, 0.05) is 36.0 Å². The van der Waals surface area contributed by atoms with Crippen molar-refractivity contribution in [3.05, 3.63) is 96.7 Å². The fraction of sp³-hybridized carbons (Fsp3) is 0.125. The molecule has 8 heteroatoms. The summed E-state index contributed by atoms with van der Waals surface area (Å²) in [6.45, 7) is 0.226. The third-order valence-corrected chi connectivity index (χ3v) is 6.03. The van der Waals surface area contributed by atoms with E-state index in [1.165, 1.54) is 0 Å². The fourth-order valence-corrected chi connectivity index (χ4v) is 4.65. The lowest BCUT2D eigenvalue weighted by molar-refractivity contribution is 0.174. The first-order valence-electron chi connectivity index (χ1n) is 10.3. The van der Waals surface area contributed by atoms with Crippen LogP contribution in [0.5, 0.6) is 11.5 Å². The molecule has 3 aromatic heterocycles. The van der Waals surface area contributed by atoms with Crippen LogP contribution in [0.4, 0.5) is 5.69 Å². The zero-order valence-electron chi connectivity index (χ0n) is 17.0. The van der Waals surface area contributed by atoms with Crippen molar-refractivity contribution in [2.75, 3.05) is 11.7 Å². The molecule has 1 aromatic carbocycles. The van der Waals surface area contributed by atoms with Gasteiger partial charge >= 0.3 is 0 Å². The largest absolute Gasteiger partial charge is 0.454 e. The molecule has 2 aliphatic heterocycles. The molecule has 6 rings (SSSR count). The van der Waals surface area contributed by atoms with Gasteiger partial charge < -0.3 is 24.3 Å². The molecular formula is C24H19N5O2S. The van der Waals surface area contributed by atoms with Gasteiger partial charge in [-0.15, -0.1) is 0 Å². The minimum atomic E-state index is -0.158. The van der Waals surface area contributed by atoms with Gasteiger partial charge in [0.1, 0.15) is 11.9 Å². The van der Waals surface area contributed by atoms with E-state index in [2.05, 4.69) is 30.8 Å². The van der Waals surface area contributed by atoms with Crippen LogP contribution in [-0.4, -0.2) is 26.4 Å². The van der Waals surface area contributed by atoms with Crippen LogP contribution in [0.3, 0.4) is 0 Å². The van der Waals surface area contributed by atoms with Gasteiger partial charge in [-0.1, -0.05) is 12.1 Å². The second-order valence-electron chi connectivity index (χ2n) is 7.53. The first-order valence-corrected chi connectivity index (χ1v) is 10.7. The van der Waals surface area contributed by atoms with E-state index >= 15 is 0 Å². The molecule has 0 bridgehead atoms. The van der Waals surface area contributed by atoms with Gasteiger partial charge in [-0.3, -0.25) is 4.98 Å². The minimum absolute atomic E-state index is 0.147. The zero-order chi connectivity index (χ0) is 21.5. The lowest BCUT2D eigenvalue weighted by Gasteiger charge is -2.29. The lowest BCUT2D eigenvalue weighted by Crippen LogP contribution is -2.30. The van der Waals surface area contributed by atoms with Crippen molar-refractivity contribution >= 4 is 23.0 Å². The number of thiocarbonyl (C=S) groups is 1. The van der Waals surface area contributed by atoms with Gasteiger partial charge in [0.25, 0.3) is 0 Å². The van der Waals surface area contributed by atoms with Crippen LogP contribution in [0, 0.1) is 0 Å². The molecule has 2 aliphatic rings. The highest BCUT2D eigenvalue weighted by molar-refractivity contribution is 7.80. The van der Waals surface area contributed by atoms with Gasteiger partial charge in [-0.2, -0.15) is 0 Å². The van der Waals surface area contributed by atoms with E-state index in [0.717, 1.165) is 28.6 Å². The summed E-state index contributed by atoms with van der Waals surface area (Å²) in [6, 6.07) is 21.5. The maximum absolute atomic E-state index is 5.83. The molecule has 1 saturated heterocycles. The topological polar surface area (TPSA) is 64.4 Å². The first kappa shape index (κ1) is 18.8. The average molecular weight is 442 g/mol. The number of hydrogen-bond acceptors (Lipinski definition) is 5. The minimum Gasteiger partial charge on any atom is -0.454 e. The lowest BCUT2D eigenvalue weighted by atomic mass is 10.0. The normalized spacial score (nSPS) is 19.2. The molecular weight excluding hydrogens is 422 g/mol. The number of rotatable bonds is 4. The quantitative estimate of drug-likeness (QED) is 0.477. The molecule has 1 N–H and O–H groups in total. The molecule has 0 aliphatic carbocycles. The number of aromatic nitrogens is 3. The number of benzene rings is 1. The van der Waals surface area contributed by atoms with Crippen LogP contribution in [0.2, 0.25) is 0 Å². The number of fused-ring (bicyclic) bond motifs is 1. The number of nitrogens with one attached hydrogen (secondary N) is 1. The molecule has 158 valence electrons. The van der Waals surface area contributed by atoms with Crippen LogP contribution in [0.1, 0.15) is 23.5 Å². The zero-order valence-corrected chi connectivity index (χ0v) is 17.8.